The highest BCUT2D eigenvalue weighted by Crippen LogP contribution is 2.20. The standard InChI is InChI=1S/C17H24ClN5O2/c18-15-4-3-13(10-20-15)11-21-6-8-22(9-7-21)16(24)14-2-1-5-23(12-14)17(19)25/h3-4,10,14H,1-2,5-9,11-12H2,(H2,19,25)/t14-/m1/s1. The number of piperidine rings is 1. The molecule has 0 bridgehead atoms. The van der Waals surface area contributed by atoms with Crippen LogP contribution in [0.5, 0.6) is 0 Å². The fourth-order valence-electron chi connectivity index (χ4n) is 3.52. The Bertz CT molecular complexity index is 616. The summed E-state index contributed by atoms with van der Waals surface area (Å²) < 4.78 is 0. The smallest absolute Gasteiger partial charge is 0.314 e. The van der Waals surface area contributed by atoms with Crippen LogP contribution in [0.25, 0.3) is 0 Å². The molecule has 0 saturated carbocycles. The van der Waals surface area contributed by atoms with Gasteiger partial charge in [-0.25, -0.2) is 9.78 Å². The number of amides is 3. The van der Waals surface area contributed by atoms with Crippen LogP contribution in [0.4, 0.5) is 4.79 Å². The van der Waals surface area contributed by atoms with E-state index >= 15 is 0 Å². The van der Waals surface area contributed by atoms with Crippen LogP contribution in [-0.4, -0.2) is 70.9 Å². The molecule has 136 valence electrons. The van der Waals surface area contributed by atoms with Crippen molar-refractivity contribution in [1.82, 2.24) is 19.7 Å². The largest absolute Gasteiger partial charge is 0.351 e. The number of nitrogens with two attached hydrogens (primary N) is 1. The Morgan fingerprint density at radius 2 is 1.92 bits per heavy atom. The number of rotatable bonds is 3. The third kappa shape index (κ3) is 4.61. The van der Waals surface area contributed by atoms with Gasteiger partial charge in [0.15, 0.2) is 0 Å². The number of likely N-dealkylation sites (tertiary alicyclic amines) is 1. The summed E-state index contributed by atoms with van der Waals surface area (Å²) in [5.41, 5.74) is 6.47. The van der Waals surface area contributed by atoms with Crippen LogP contribution in [0.2, 0.25) is 5.15 Å². The summed E-state index contributed by atoms with van der Waals surface area (Å²) in [5, 5.41) is 0.497. The second-order valence-corrected chi connectivity index (χ2v) is 7.10. The zero-order valence-corrected chi connectivity index (χ0v) is 15.0. The third-order valence-corrected chi connectivity index (χ3v) is 5.18. The Labute approximate surface area is 152 Å². The van der Waals surface area contributed by atoms with Crippen molar-refractivity contribution in [2.45, 2.75) is 19.4 Å². The number of hydrogen-bond donors (Lipinski definition) is 1. The highest BCUT2D eigenvalue weighted by molar-refractivity contribution is 6.29. The molecule has 3 amide bonds. The molecule has 0 aromatic carbocycles. The Morgan fingerprint density at radius 1 is 1.16 bits per heavy atom. The van der Waals surface area contributed by atoms with Crippen LogP contribution in [-0.2, 0) is 11.3 Å². The Kier molecular flexibility index (Phi) is 5.75. The molecule has 2 aliphatic rings. The average Bonchev–Trinajstić information content (AvgIpc) is 2.64. The van der Waals surface area contributed by atoms with Crippen LogP contribution < -0.4 is 5.73 Å². The Balaban J connectivity index is 1.49. The van der Waals surface area contributed by atoms with Gasteiger partial charge in [0.25, 0.3) is 0 Å². The number of piperazine rings is 1. The maximum Gasteiger partial charge on any atom is 0.314 e. The average molecular weight is 366 g/mol. The molecule has 2 N–H and O–H groups in total. The van der Waals surface area contributed by atoms with E-state index in [2.05, 4.69) is 9.88 Å². The summed E-state index contributed by atoms with van der Waals surface area (Å²) in [5.74, 6) is 0.0343. The number of primary amides is 1. The van der Waals surface area contributed by atoms with Crippen LogP contribution in [0, 0.1) is 5.92 Å². The molecule has 1 aromatic heterocycles. The van der Waals surface area contributed by atoms with Gasteiger partial charge in [0.05, 0.1) is 5.92 Å². The molecule has 8 heteroatoms. The number of urea groups is 1. The minimum Gasteiger partial charge on any atom is -0.351 e. The second-order valence-electron chi connectivity index (χ2n) is 6.71. The Morgan fingerprint density at radius 3 is 2.56 bits per heavy atom. The lowest BCUT2D eigenvalue weighted by Crippen LogP contribution is -2.53. The summed E-state index contributed by atoms with van der Waals surface area (Å²) in [6.45, 7) is 5.01. The number of carbonyl (C=O) groups excluding carboxylic acids is 2. The first-order chi connectivity index (χ1) is 12.0. The van der Waals surface area contributed by atoms with E-state index in [1.807, 2.05) is 11.0 Å². The van der Waals surface area contributed by atoms with Crippen molar-refractivity contribution in [3.8, 4) is 0 Å². The molecule has 0 radical (unpaired) electrons. The molecule has 3 heterocycles. The van der Waals surface area contributed by atoms with Gasteiger partial charge in [-0.3, -0.25) is 9.69 Å². The molecule has 0 unspecified atom stereocenters. The van der Waals surface area contributed by atoms with Crippen LogP contribution in [0.15, 0.2) is 18.3 Å². The monoisotopic (exact) mass is 365 g/mol. The van der Waals surface area contributed by atoms with Gasteiger partial charge in [-0.05, 0) is 24.5 Å². The molecule has 7 nitrogen and oxygen atoms in total. The summed E-state index contributed by atoms with van der Waals surface area (Å²) in [7, 11) is 0. The van der Waals surface area contributed by atoms with Crippen molar-refractivity contribution in [3.05, 3.63) is 29.0 Å². The van der Waals surface area contributed by atoms with Gasteiger partial charge in [-0.1, -0.05) is 17.7 Å². The SMILES string of the molecule is NC(=O)N1CCC[C@@H](C(=O)N2CCN(Cc3ccc(Cl)nc3)CC2)C1. The van der Waals surface area contributed by atoms with Crippen LogP contribution in [0.1, 0.15) is 18.4 Å². The van der Waals surface area contributed by atoms with Crippen LogP contribution >= 0.6 is 11.6 Å². The molecule has 1 atom stereocenters. The predicted octanol–water partition coefficient (Wildman–Crippen LogP) is 1.17. The minimum absolute atomic E-state index is 0.117. The normalized spacial score (nSPS) is 22.0. The van der Waals surface area contributed by atoms with Crippen molar-refractivity contribution in [2.75, 3.05) is 39.3 Å². The lowest BCUT2D eigenvalue weighted by Gasteiger charge is -2.38. The molecule has 25 heavy (non-hydrogen) atoms. The molecular formula is C17H24ClN5O2. The highest BCUT2D eigenvalue weighted by atomic mass is 35.5. The quantitative estimate of drug-likeness (QED) is 0.815. The Hall–Kier alpha value is -1.86. The molecule has 2 aliphatic heterocycles. The van der Waals surface area contributed by atoms with Crippen molar-refractivity contribution >= 4 is 23.5 Å². The summed E-state index contributed by atoms with van der Waals surface area (Å²) in [6.07, 6.45) is 3.46. The van der Waals surface area contributed by atoms with E-state index in [1.165, 1.54) is 0 Å². The van der Waals surface area contributed by atoms with E-state index < -0.39 is 6.03 Å². The topological polar surface area (TPSA) is 82.8 Å². The summed E-state index contributed by atoms with van der Waals surface area (Å²) >= 11 is 5.81. The molecule has 1 aromatic rings. The van der Waals surface area contributed by atoms with Gasteiger partial charge in [0, 0.05) is 52.0 Å². The predicted molar refractivity (Wildman–Crippen MR) is 95.0 cm³/mol. The van der Waals surface area contributed by atoms with Gasteiger partial charge >= 0.3 is 6.03 Å². The molecule has 0 spiro atoms. The number of hydrogen-bond acceptors (Lipinski definition) is 4. The van der Waals surface area contributed by atoms with Gasteiger partial charge in [-0.15, -0.1) is 0 Å². The highest BCUT2D eigenvalue weighted by Gasteiger charge is 2.31. The maximum absolute atomic E-state index is 12.7. The van der Waals surface area contributed by atoms with E-state index in [0.29, 0.717) is 31.3 Å². The first-order valence-corrected chi connectivity index (χ1v) is 9.06. The zero-order chi connectivity index (χ0) is 17.8. The maximum atomic E-state index is 12.7. The minimum atomic E-state index is -0.432. The van der Waals surface area contributed by atoms with Gasteiger partial charge in [-0.2, -0.15) is 0 Å². The van der Waals surface area contributed by atoms with Gasteiger partial charge in [0.2, 0.25) is 5.91 Å². The van der Waals surface area contributed by atoms with E-state index in [-0.39, 0.29) is 11.8 Å². The number of nitrogens with zero attached hydrogens (tertiary/aromatic N) is 4. The molecule has 0 aliphatic carbocycles. The van der Waals surface area contributed by atoms with Gasteiger partial charge < -0.3 is 15.5 Å². The van der Waals surface area contributed by atoms with E-state index in [0.717, 1.165) is 38.0 Å². The number of carbonyl (C=O) groups is 2. The zero-order valence-electron chi connectivity index (χ0n) is 14.2. The van der Waals surface area contributed by atoms with Gasteiger partial charge in [0.1, 0.15) is 5.15 Å². The second kappa shape index (κ2) is 8.01. The number of aromatic nitrogens is 1. The van der Waals surface area contributed by atoms with Crippen LogP contribution in [0.3, 0.4) is 0 Å². The lowest BCUT2D eigenvalue weighted by molar-refractivity contribution is -0.138. The van der Waals surface area contributed by atoms with E-state index in [9.17, 15) is 9.59 Å². The number of halogens is 1. The van der Waals surface area contributed by atoms with E-state index in [4.69, 9.17) is 17.3 Å². The summed E-state index contributed by atoms with van der Waals surface area (Å²) in [6, 6.07) is 3.34. The third-order valence-electron chi connectivity index (χ3n) is 4.96. The van der Waals surface area contributed by atoms with Crippen molar-refractivity contribution in [3.63, 3.8) is 0 Å². The fourth-order valence-corrected chi connectivity index (χ4v) is 3.63. The van der Waals surface area contributed by atoms with Crippen molar-refractivity contribution in [1.29, 1.82) is 0 Å². The van der Waals surface area contributed by atoms with Crippen molar-refractivity contribution < 1.29 is 9.59 Å². The summed E-state index contributed by atoms with van der Waals surface area (Å²) in [4.78, 5) is 34.0. The fraction of sp³-hybridized carbons (Fsp3) is 0.588. The molecule has 2 saturated heterocycles. The lowest BCUT2D eigenvalue weighted by atomic mass is 9.96. The first-order valence-electron chi connectivity index (χ1n) is 8.69. The van der Waals surface area contributed by atoms with Crippen molar-refractivity contribution in [2.24, 2.45) is 11.7 Å². The molecule has 3 rings (SSSR count). The molecule has 2 fully saturated rings. The molecular weight excluding hydrogens is 342 g/mol. The first kappa shape index (κ1) is 17.9. The number of pyridine rings is 1. The van der Waals surface area contributed by atoms with E-state index in [1.54, 1.807) is 17.2 Å².